The zero-order valence-corrected chi connectivity index (χ0v) is 13.0. The van der Waals surface area contributed by atoms with Gasteiger partial charge in [0.2, 0.25) is 0 Å². The fourth-order valence-electron chi connectivity index (χ4n) is 2.41. The van der Waals surface area contributed by atoms with Crippen molar-refractivity contribution in [2.45, 2.75) is 12.3 Å². The zero-order chi connectivity index (χ0) is 16.1. The maximum atomic E-state index is 14.6. The van der Waals surface area contributed by atoms with Crippen LogP contribution in [0.2, 0.25) is 0 Å². The van der Waals surface area contributed by atoms with Gasteiger partial charge in [-0.25, -0.2) is 4.39 Å². The van der Waals surface area contributed by atoms with E-state index in [1.54, 1.807) is 23.5 Å². The fourth-order valence-corrected chi connectivity index (χ4v) is 3.21. The molecule has 0 unspecified atom stereocenters. The van der Waals surface area contributed by atoms with E-state index in [0.29, 0.717) is 11.3 Å². The summed E-state index contributed by atoms with van der Waals surface area (Å²) in [5.41, 5.74) is 9.13. The Balaban J connectivity index is 1.95. The molecule has 4 nitrogen and oxygen atoms in total. The van der Waals surface area contributed by atoms with Crippen molar-refractivity contribution in [1.29, 1.82) is 0 Å². The average molecular weight is 327 g/mol. The predicted molar refractivity (Wildman–Crippen MR) is 90.5 cm³/mol. The zero-order valence-electron chi connectivity index (χ0n) is 12.2. The average Bonchev–Trinajstić information content (AvgIpc) is 3.07. The van der Waals surface area contributed by atoms with Gasteiger partial charge in [0.25, 0.3) is 0 Å². The van der Waals surface area contributed by atoms with E-state index in [2.05, 4.69) is 10.0 Å². The molecule has 2 aromatic carbocycles. The molecule has 23 heavy (non-hydrogen) atoms. The second-order valence-electron chi connectivity index (χ2n) is 4.97. The number of hydrogen-bond acceptors (Lipinski definition) is 3. The molecular weight excluding hydrogens is 313 g/mol. The molecule has 116 valence electrons. The maximum Gasteiger partial charge on any atom is 0.155 e. The lowest BCUT2D eigenvalue weighted by atomic mass is 10.0. The Hall–Kier alpha value is -2.56. The number of thiophene rings is 1. The van der Waals surface area contributed by atoms with Gasteiger partial charge in [0, 0.05) is 15.0 Å². The first-order valence-corrected chi connectivity index (χ1v) is 8.00. The second-order valence-corrected chi connectivity index (χ2v) is 5.91. The van der Waals surface area contributed by atoms with E-state index in [9.17, 15) is 4.39 Å². The molecule has 0 aliphatic heterocycles. The van der Waals surface area contributed by atoms with Gasteiger partial charge >= 0.3 is 0 Å². The van der Waals surface area contributed by atoms with E-state index in [4.69, 9.17) is 10.3 Å². The van der Waals surface area contributed by atoms with Gasteiger partial charge < -0.3 is 4.74 Å². The van der Waals surface area contributed by atoms with Crippen molar-refractivity contribution in [3.8, 4) is 5.75 Å². The second kappa shape index (κ2) is 7.13. The van der Waals surface area contributed by atoms with E-state index in [0.717, 1.165) is 10.1 Å². The number of rotatable bonds is 6. The summed E-state index contributed by atoms with van der Waals surface area (Å²) in [6.45, 7) is -0.268. The predicted octanol–water partition coefficient (Wildman–Crippen LogP) is 5.67. The van der Waals surface area contributed by atoms with Crippen LogP contribution < -0.4 is 4.74 Å². The number of nitrogens with zero attached hydrogens (tertiary/aromatic N) is 3. The summed E-state index contributed by atoms with van der Waals surface area (Å²) in [7, 11) is 0. The molecule has 3 rings (SSSR count). The molecule has 1 aromatic heterocycles. The van der Waals surface area contributed by atoms with Crippen LogP contribution in [-0.4, -0.2) is 12.7 Å². The van der Waals surface area contributed by atoms with Crippen molar-refractivity contribution in [3.63, 3.8) is 0 Å². The van der Waals surface area contributed by atoms with Gasteiger partial charge in [0.15, 0.2) is 6.10 Å². The van der Waals surface area contributed by atoms with Crippen molar-refractivity contribution >= 4 is 21.4 Å². The van der Waals surface area contributed by atoms with Crippen LogP contribution in [0.25, 0.3) is 20.5 Å². The van der Waals surface area contributed by atoms with E-state index >= 15 is 0 Å². The van der Waals surface area contributed by atoms with E-state index in [1.165, 1.54) is 0 Å². The maximum absolute atomic E-state index is 14.6. The van der Waals surface area contributed by atoms with Gasteiger partial charge in [0.05, 0.1) is 6.54 Å². The highest BCUT2D eigenvalue weighted by molar-refractivity contribution is 7.17. The van der Waals surface area contributed by atoms with Crippen molar-refractivity contribution in [2.75, 3.05) is 6.54 Å². The Morgan fingerprint density at radius 2 is 1.96 bits per heavy atom. The summed E-state index contributed by atoms with van der Waals surface area (Å²) in [4.78, 5) is 2.63. The fraction of sp³-hybridized carbons (Fsp3) is 0.176. The Kier molecular flexibility index (Phi) is 4.76. The van der Waals surface area contributed by atoms with Crippen molar-refractivity contribution in [3.05, 3.63) is 76.0 Å². The van der Waals surface area contributed by atoms with Gasteiger partial charge in [0.1, 0.15) is 11.9 Å². The minimum Gasteiger partial charge on any atom is -0.482 e. The monoisotopic (exact) mass is 327 g/mol. The van der Waals surface area contributed by atoms with Crippen LogP contribution in [0, 0.1) is 0 Å². The normalized spacial score (nSPS) is 13.3. The topological polar surface area (TPSA) is 58.0 Å². The molecule has 2 atom stereocenters. The molecule has 3 aromatic rings. The van der Waals surface area contributed by atoms with Gasteiger partial charge in [-0.2, -0.15) is 0 Å². The molecule has 0 saturated carbocycles. The third-order valence-electron chi connectivity index (χ3n) is 3.49. The molecule has 0 N–H and O–H groups in total. The van der Waals surface area contributed by atoms with E-state index < -0.39 is 12.3 Å². The molecular formula is C17H14FN3OS. The number of ether oxygens (including phenoxy) is 1. The van der Waals surface area contributed by atoms with Crippen LogP contribution in [0.15, 0.2) is 65.1 Å². The molecule has 0 fully saturated rings. The molecule has 6 heteroatoms. The van der Waals surface area contributed by atoms with Crippen LogP contribution in [0.5, 0.6) is 5.75 Å². The third-order valence-corrected chi connectivity index (χ3v) is 4.37. The molecule has 0 bridgehead atoms. The number of azide groups is 1. The summed E-state index contributed by atoms with van der Waals surface area (Å²) in [6, 6.07) is 16.8. The number of halogens is 1. The smallest absolute Gasteiger partial charge is 0.155 e. The van der Waals surface area contributed by atoms with Crippen LogP contribution in [0.1, 0.15) is 11.7 Å². The standard InChI is InChI=1S/C17H14FN3OS/c18-14(11-20-21-19)17(12-5-2-1-3-6-12)22-15-7-4-8-16-13(15)9-10-23-16/h1-10,14,17H,11H2/t14-,17-/m0/s1. The third kappa shape index (κ3) is 3.44. The Morgan fingerprint density at radius 1 is 1.13 bits per heavy atom. The number of fused-ring (bicyclic) bond motifs is 1. The summed E-state index contributed by atoms with van der Waals surface area (Å²) in [5, 5.41) is 6.27. The number of alkyl halides is 1. The Morgan fingerprint density at radius 3 is 2.74 bits per heavy atom. The number of benzene rings is 2. The van der Waals surface area contributed by atoms with Gasteiger partial charge in [-0.3, -0.25) is 0 Å². The van der Waals surface area contributed by atoms with Crippen molar-refractivity contribution in [2.24, 2.45) is 5.11 Å². The van der Waals surface area contributed by atoms with E-state index in [1.807, 2.05) is 47.8 Å². The van der Waals surface area contributed by atoms with Crippen molar-refractivity contribution < 1.29 is 9.13 Å². The molecule has 0 aliphatic carbocycles. The lowest BCUT2D eigenvalue weighted by Crippen LogP contribution is -2.22. The summed E-state index contributed by atoms with van der Waals surface area (Å²) < 4.78 is 21.6. The summed E-state index contributed by atoms with van der Waals surface area (Å²) in [6.07, 6.45) is -2.26. The first-order chi connectivity index (χ1) is 11.3. The summed E-state index contributed by atoms with van der Waals surface area (Å²) >= 11 is 1.61. The van der Waals surface area contributed by atoms with Crippen LogP contribution >= 0.6 is 11.3 Å². The van der Waals surface area contributed by atoms with Gasteiger partial charge in [-0.05, 0) is 34.7 Å². The Bertz CT molecular complexity index is 830. The highest BCUT2D eigenvalue weighted by Gasteiger charge is 2.25. The molecule has 0 radical (unpaired) electrons. The minimum atomic E-state index is -1.43. The molecule has 0 aliphatic rings. The first kappa shape index (κ1) is 15.3. The minimum absolute atomic E-state index is 0.268. The SMILES string of the molecule is [N-]=[N+]=NC[C@H](F)[C@@H](Oc1cccc2sccc12)c1ccccc1. The van der Waals surface area contributed by atoms with Crippen molar-refractivity contribution in [1.82, 2.24) is 0 Å². The highest BCUT2D eigenvalue weighted by Crippen LogP contribution is 2.34. The first-order valence-electron chi connectivity index (χ1n) is 7.12. The van der Waals surface area contributed by atoms with Gasteiger partial charge in [-0.1, -0.05) is 41.5 Å². The lowest BCUT2D eigenvalue weighted by molar-refractivity contribution is 0.106. The van der Waals surface area contributed by atoms with Crippen LogP contribution in [-0.2, 0) is 0 Å². The van der Waals surface area contributed by atoms with E-state index in [-0.39, 0.29) is 6.54 Å². The highest BCUT2D eigenvalue weighted by atomic mass is 32.1. The quantitative estimate of drug-likeness (QED) is 0.327. The number of hydrogen-bond donors (Lipinski definition) is 0. The molecule has 0 amide bonds. The molecule has 1 heterocycles. The Labute approximate surface area is 136 Å². The van der Waals surface area contributed by atoms with Crippen LogP contribution in [0.4, 0.5) is 4.39 Å². The van der Waals surface area contributed by atoms with Crippen LogP contribution in [0.3, 0.4) is 0 Å². The summed E-state index contributed by atoms with van der Waals surface area (Å²) in [5.74, 6) is 0.626. The molecule has 0 saturated heterocycles. The largest absolute Gasteiger partial charge is 0.482 e. The molecule has 0 spiro atoms. The van der Waals surface area contributed by atoms with Gasteiger partial charge in [-0.15, -0.1) is 11.3 Å². The lowest BCUT2D eigenvalue weighted by Gasteiger charge is -2.22.